The number of aromatic nitrogens is 8. The number of hydrogen-bond donors (Lipinski definition) is 0. The molecule has 0 N–H and O–H groups in total. The van der Waals surface area contributed by atoms with Crippen molar-refractivity contribution in [1.82, 2.24) is 39.9 Å². The molecule has 20 heteroatoms. The third-order valence-electron chi connectivity index (χ3n) is 23.7. The minimum Gasteiger partial charge on any atom is -0.305 e. The van der Waals surface area contributed by atoms with E-state index in [1.165, 1.54) is 68.9 Å². The van der Waals surface area contributed by atoms with Gasteiger partial charge in [-0.25, -0.2) is 0 Å². The number of nitrogens with zero attached hydrogens (tertiary/aromatic N) is 8. The summed E-state index contributed by atoms with van der Waals surface area (Å²) in [6, 6.07) is 128. The first-order chi connectivity index (χ1) is 66.2. The first kappa shape index (κ1) is 123. The molecule has 4 radical (unpaired) electrons. The largest absolute Gasteiger partial charge is 0.305 e. The Morgan fingerprint density at radius 1 is 0.222 bits per heavy atom. The first-order valence-electron chi connectivity index (χ1n) is 48.8. The predicted molar refractivity (Wildman–Crippen MR) is 625 cm³/mol. The third kappa shape index (κ3) is 38.3. The minimum absolute atomic E-state index is 0. The van der Waals surface area contributed by atoms with Gasteiger partial charge < -0.3 is 39.9 Å². The zero-order valence-electron chi connectivity index (χ0n) is 89.6. The first-order valence-corrected chi connectivity index (χ1v) is 76.3. The average Bonchev–Trinajstić information content (AvgIpc) is 0.785. The van der Waals surface area contributed by atoms with Gasteiger partial charge in [-0.15, -0.1) is 285 Å². The maximum atomic E-state index is 4.71. The summed E-state index contributed by atoms with van der Waals surface area (Å²) in [5, 5.41) is 12.7. The fourth-order valence-corrected chi connectivity index (χ4v) is 27.9. The van der Waals surface area contributed by atoms with Crippen molar-refractivity contribution < 1.29 is 80.4 Å². The van der Waals surface area contributed by atoms with Crippen LogP contribution in [-0.4, -0.2) is 104 Å². The molecule has 0 unspecified atom stereocenters. The van der Waals surface area contributed by atoms with Crippen LogP contribution in [-0.2, 0) is 86.8 Å². The van der Waals surface area contributed by atoms with Crippen LogP contribution in [0.3, 0.4) is 0 Å². The topological polar surface area (TPSA) is 103 Å². The molecule has 17 aromatic rings. The maximum absolute atomic E-state index is 4.71. The van der Waals surface area contributed by atoms with Crippen molar-refractivity contribution >= 4 is 111 Å². The summed E-state index contributed by atoms with van der Waals surface area (Å²) < 4.78 is 0. The van der Waals surface area contributed by atoms with Crippen molar-refractivity contribution in [3.8, 4) is 90.1 Å². The van der Waals surface area contributed by atoms with Crippen LogP contribution in [0.5, 0.6) is 0 Å². The van der Waals surface area contributed by atoms with Crippen molar-refractivity contribution in [2.24, 2.45) is 5.92 Å². The van der Waals surface area contributed by atoms with Crippen molar-refractivity contribution in [3.05, 3.63) is 418 Å². The van der Waals surface area contributed by atoms with Gasteiger partial charge in [-0.05, 0) is 123 Å². The molecule has 0 aliphatic heterocycles. The Labute approximate surface area is 927 Å². The van der Waals surface area contributed by atoms with Crippen LogP contribution in [0.4, 0.5) is 0 Å². The summed E-state index contributed by atoms with van der Waals surface area (Å²) in [5.74, 6) is 0.667. The van der Waals surface area contributed by atoms with Crippen LogP contribution in [0.1, 0.15) is 36.1 Å². The quantitative estimate of drug-likeness (QED) is 0.0583. The molecule has 0 amide bonds. The minimum atomic E-state index is -1.70. The van der Waals surface area contributed by atoms with E-state index in [0.29, 0.717) is 5.92 Å². The van der Waals surface area contributed by atoms with Crippen LogP contribution in [0.15, 0.2) is 347 Å². The third-order valence-corrected chi connectivity index (χ3v) is 41.5. The van der Waals surface area contributed by atoms with Gasteiger partial charge in [0.15, 0.2) is 0 Å². The van der Waals surface area contributed by atoms with Crippen LogP contribution in [0.2, 0.25) is 151 Å². The molecule has 17 rings (SSSR count). The predicted octanol–water partition coefficient (Wildman–Crippen LogP) is 27.1. The molecule has 0 aliphatic rings. The molecule has 756 valence electrons. The van der Waals surface area contributed by atoms with Crippen molar-refractivity contribution in [1.29, 1.82) is 0 Å². The van der Waals surface area contributed by atoms with E-state index in [1.54, 1.807) is 0 Å². The van der Waals surface area contributed by atoms with Crippen molar-refractivity contribution in [2.75, 3.05) is 0 Å². The van der Waals surface area contributed by atoms with E-state index >= 15 is 0 Å². The van der Waals surface area contributed by atoms with E-state index in [-0.39, 0.29) is 80.4 Å². The second-order valence-corrected chi connectivity index (χ2v) is 83.3. The van der Waals surface area contributed by atoms with Crippen LogP contribution in [0, 0.1) is 75.2 Å². The molecule has 0 fully saturated rings. The fraction of sp³-hybridized carbons (Fsp3) is 0.242. The number of pyridine rings is 8. The summed E-state index contributed by atoms with van der Waals surface area (Å²) in [6.07, 6.45) is 16.9. The normalized spacial score (nSPS) is 11.2. The number of benzene rings is 9. The Balaban J connectivity index is 0.000000251. The molecule has 144 heavy (non-hydrogen) atoms. The summed E-state index contributed by atoms with van der Waals surface area (Å²) in [5.41, 5.74) is 22.2. The van der Waals surface area contributed by atoms with Crippen LogP contribution >= 0.6 is 0 Å². The van der Waals surface area contributed by atoms with Crippen LogP contribution in [0.25, 0.3) is 90.1 Å². The summed E-state index contributed by atoms with van der Waals surface area (Å²) in [4.78, 5) is 36.1. The van der Waals surface area contributed by atoms with E-state index in [0.717, 1.165) is 96.5 Å². The molecule has 0 spiro atoms. The number of aryl methyl sites for hydroxylation is 3. The smallest absolute Gasteiger partial charge is 0.114 e. The van der Waals surface area contributed by atoms with Gasteiger partial charge in [0, 0.05) is 130 Å². The SMILES string of the molecule is CC(C)Cc1cc(-c2[c-]cccc2)ncc1[Si](C)(C)C.C[Si](C)(C)c1[c-]c(-c2ccccn2)ccc1.C[Si](C)(C)c1[c-]c(-c2ccccn2)ccc1.C[Si](C)(C)c1[c-]c(-c2ccccn2)ccc1.C[Si](C)(C)c1ccc(-c2[c-]cccc2)nc1.Cc1cc(-c2[c-]cccc2)ncc1[Si](C)(C)C.Cc1cc(-c2[c-]cccc2)ncc1[Si](C)(C)C.Cc1cc(-c2[c-]cccc2)ncc1[Si](C)(C)c1ccccc1.[Ir].[Ir].[Ir].[Ir]. The van der Waals surface area contributed by atoms with Gasteiger partial charge in [0.25, 0.3) is 0 Å². The van der Waals surface area contributed by atoms with E-state index < -0.39 is 64.6 Å². The molecule has 9 aromatic carbocycles. The summed E-state index contributed by atoms with van der Waals surface area (Å²) >= 11 is 0. The molecule has 0 saturated carbocycles. The van der Waals surface area contributed by atoms with Gasteiger partial charge in [-0.3, -0.25) is 0 Å². The van der Waals surface area contributed by atoms with Crippen molar-refractivity contribution in [3.63, 3.8) is 0 Å². The Hall–Kier alpha value is -9.49. The Morgan fingerprint density at radius 2 is 0.493 bits per heavy atom. The molecule has 0 aliphatic carbocycles. The standard InChI is InChI=1S/C20H20NSi.C18H24NSi.2C15H18NSi.4C14H16NSi.4Ir/c1-16-14-19(17-10-6-4-7-11-17)21-15-20(16)22(2,3)18-12-8-5-9-13-18;1-14(2)11-16-12-17(15-9-7-6-8-10-15)19-13-18(16)20(3,4)5;2*1-12-10-14(13-8-6-5-7-9-13)16-11-15(12)17(2,3)4;3*1-16(2,3)13-8-6-7-12(11-13)14-9-4-5-10-15-14;1-16(2,3)13-9-10-14(15-11-13)12-7-5-4-6-8-12;;;;/h4-10,12-15H,1-3H3;6-9,12-14H,11H2,1-5H3;2*5-8,10-11H,1-4H3;3*4-10H,1-3H3;4-7,9-11H,1-3H3;;;;/q8*-1;;;;. The zero-order valence-corrected chi connectivity index (χ0v) is 107. The molecule has 0 bridgehead atoms. The molecule has 8 heterocycles. The van der Waals surface area contributed by atoms with E-state index in [4.69, 9.17) is 4.98 Å². The fourth-order valence-electron chi connectivity index (χ4n) is 15.8. The van der Waals surface area contributed by atoms with E-state index in [1.807, 2.05) is 176 Å². The van der Waals surface area contributed by atoms with E-state index in [9.17, 15) is 0 Å². The molecule has 0 atom stereocenters. The Morgan fingerprint density at radius 3 is 0.750 bits per heavy atom. The zero-order chi connectivity index (χ0) is 102. The Kier molecular flexibility index (Phi) is 48.9. The molecular formula is C124H144Ir4N8Si8-8. The van der Waals surface area contributed by atoms with Gasteiger partial charge in [0.05, 0.1) is 56.5 Å². The van der Waals surface area contributed by atoms with Gasteiger partial charge in [0.1, 0.15) is 8.07 Å². The van der Waals surface area contributed by atoms with Crippen LogP contribution < -0.4 is 46.7 Å². The average molecular weight is 2740 g/mol. The molecule has 8 nitrogen and oxygen atoms in total. The number of rotatable bonds is 19. The second kappa shape index (κ2) is 57.2. The van der Waals surface area contributed by atoms with Gasteiger partial charge >= 0.3 is 0 Å². The van der Waals surface area contributed by atoms with E-state index in [2.05, 4.69) is 439 Å². The molecule has 8 aromatic heterocycles. The molecule has 0 saturated heterocycles. The van der Waals surface area contributed by atoms with Gasteiger partial charge in [-0.1, -0.05) is 295 Å². The second-order valence-electron chi connectivity index (χ2n) is 43.6. The monoisotopic (exact) mass is 2740 g/mol. The molecular weight excluding hydrogens is 2590 g/mol. The number of hydrogen-bond acceptors (Lipinski definition) is 8. The maximum Gasteiger partial charge on any atom is 0.114 e. The van der Waals surface area contributed by atoms with Gasteiger partial charge in [0.2, 0.25) is 0 Å². The van der Waals surface area contributed by atoms with Gasteiger partial charge in [-0.2, -0.15) is 0 Å². The van der Waals surface area contributed by atoms with Crippen molar-refractivity contribution in [2.45, 2.75) is 192 Å². The summed E-state index contributed by atoms with van der Waals surface area (Å²) in [6.45, 7) is 65.2. The summed E-state index contributed by atoms with van der Waals surface area (Å²) in [7, 11) is -10.7. The Bertz CT molecular complexity index is 6360.